The van der Waals surface area contributed by atoms with Crippen LogP contribution in [0.4, 0.5) is 13.2 Å². The molecule has 1 saturated heterocycles. The van der Waals surface area contributed by atoms with E-state index in [-0.39, 0.29) is 24.3 Å². The fraction of sp³-hybridized carbons (Fsp3) is 0.400. The monoisotopic (exact) mass is 687 g/mol. The Morgan fingerprint density at radius 3 is 2.16 bits per heavy atom. The Balaban J connectivity index is 1.23. The number of ketones is 1. The standard InChI is InChI=1S/C40H44F3N3O2S/c1-3-44-23-21-34(22-24-44)45(25-29-11-13-31(14-12-29)32-15-17-33(18-16-32)40(41,42)43)38(48)26-46-36-6-4-5-35(36)37(47)19-20-39(46)49-27-30-9-7-28(2)8-10-30/h7-18,20,34H,3-6,19,21-27H2,1-2H3. The number of aryl methyl sites for hydroxylation is 1. The van der Waals surface area contributed by atoms with Crippen molar-refractivity contribution in [2.45, 2.75) is 76.9 Å². The SMILES string of the molecule is CCN1CCC(N(Cc2ccc(-c3ccc(C(F)(F)F)cc3)cc2)C(=O)CN2C(SCc3ccc(C)cc3)=CCC(=O)C3=C2CCC3)CC1. The number of likely N-dealkylation sites (tertiary alicyclic amines) is 1. The first-order valence-corrected chi connectivity index (χ1v) is 18.3. The number of piperidine rings is 1. The summed E-state index contributed by atoms with van der Waals surface area (Å²) in [7, 11) is 0. The second kappa shape index (κ2) is 15.4. The van der Waals surface area contributed by atoms with Crippen LogP contribution in [0.15, 0.2) is 95.2 Å². The molecule has 0 unspecified atom stereocenters. The van der Waals surface area contributed by atoms with Gasteiger partial charge in [-0.15, -0.1) is 11.8 Å². The van der Waals surface area contributed by atoms with Crippen LogP contribution in [0.3, 0.4) is 0 Å². The maximum Gasteiger partial charge on any atom is 0.416 e. The maximum absolute atomic E-state index is 14.5. The molecule has 0 N–H and O–H groups in total. The fourth-order valence-electron chi connectivity index (χ4n) is 7.07. The number of nitrogens with zero attached hydrogens (tertiary/aromatic N) is 3. The molecule has 0 atom stereocenters. The third-order valence-corrected chi connectivity index (χ3v) is 11.2. The van der Waals surface area contributed by atoms with Crippen molar-refractivity contribution in [1.82, 2.24) is 14.7 Å². The Morgan fingerprint density at radius 1 is 0.898 bits per heavy atom. The summed E-state index contributed by atoms with van der Waals surface area (Å²) in [5, 5.41) is 0.968. The van der Waals surface area contributed by atoms with Crippen LogP contribution in [-0.4, -0.2) is 58.6 Å². The Hall–Kier alpha value is -3.82. The number of alkyl halides is 3. The molecule has 2 heterocycles. The van der Waals surface area contributed by atoms with Crippen molar-refractivity contribution in [3.8, 4) is 11.1 Å². The zero-order valence-corrected chi connectivity index (χ0v) is 29.1. The molecule has 3 aromatic rings. The van der Waals surface area contributed by atoms with Gasteiger partial charge in [0, 0.05) is 49.1 Å². The van der Waals surface area contributed by atoms with E-state index in [0.29, 0.717) is 18.5 Å². The molecule has 0 bridgehead atoms. The number of benzene rings is 3. The molecule has 0 spiro atoms. The minimum atomic E-state index is -4.37. The van der Waals surface area contributed by atoms with Crippen molar-refractivity contribution < 1.29 is 22.8 Å². The van der Waals surface area contributed by atoms with Gasteiger partial charge in [0.05, 0.1) is 10.6 Å². The molecule has 2 aliphatic heterocycles. The van der Waals surface area contributed by atoms with Gasteiger partial charge < -0.3 is 14.7 Å². The molecule has 258 valence electrons. The highest BCUT2D eigenvalue weighted by Crippen LogP contribution is 2.39. The molecule has 0 saturated carbocycles. The first-order valence-electron chi connectivity index (χ1n) is 17.3. The molecule has 0 radical (unpaired) electrons. The van der Waals surface area contributed by atoms with Gasteiger partial charge in [-0.3, -0.25) is 9.59 Å². The summed E-state index contributed by atoms with van der Waals surface area (Å²) in [4.78, 5) is 34.3. The predicted molar refractivity (Wildman–Crippen MR) is 190 cm³/mol. The summed E-state index contributed by atoms with van der Waals surface area (Å²) in [6.45, 7) is 7.71. The number of hydrogen-bond acceptors (Lipinski definition) is 5. The topological polar surface area (TPSA) is 43.9 Å². The van der Waals surface area contributed by atoms with Gasteiger partial charge in [0.15, 0.2) is 5.78 Å². The van der Waals surface area contributed by atoms with E-state index in [1.807, 2.05) is 35.2 Å². The number of halogens is 3. The molecular formula is C40H44F3N3O2S. The van der Waals surface area contributed by atoms with E-state index in [1.165, 1.54) is 23.3 Å². The van der Waals surface area contributed by atoms with Gasteiger partial charge in [0.25, 0.3) is 0 Å². The van der Waals surface area contributed by atoms with E-state index in [9.17, 15) is 22.8 Å². The van der Waals surface area contributed by atoms with E-state index in [0.717, 1.165) is 97.1 Å². The molecule has 0 aromatic heterocycles. The lowest BCUT2D eigenvalue weighted by molar-refractivity contribution is -0.137. The van der Waals surface area contributed by atoms with Crippen LogP contribution in [0.2, 0.25) is 0 Å². The highest BCUT2D eigenvalue weighted by atomic mass is 32.2. The lowest BCUT2D eigenvalue weighted by atomic mass is 10.00. The van der Waals surface area contributed by atoms with E-state index >= 15 is 0 Å². The largest absolute Gasteiger partial charge is 0.416 e. The number of amides is 1. The number of carbonyl (C=O) groups excluding carboxylic acids is 2. The van der Waals surface area contributed by atoms with Crippen molar-refractivity contribution >= 4 is 23.5 Å². The minimum absolute atomic E-state index is 0.0386. The molecule has 1 amide bonds. The number of allylic oxidation sites excluding steroid dienone is 3. The Labute approximate surface area is 291 Å². The number of Topliss-reactive ketones (excluding diaryl/α,β-unsaturated/α-hetero) is 1. The Morgan fingerprint density at radius 2 is 1.53 bits per heavy atom. The van der Waals surface area contributed by atoms with Crippen LogP contribution in [0.25, 0.3) is 11.1 Å². The van der Waals surface area contributed by atoms with Crippen LogP contribution in [0.1, 0.15) is 67.7 Å². The molecule has 49 heavy (non-hydrogen) atoms. The zero-order valence-electron chi connectivity index (χ0n) is 28.3. The first-order chi connectivity index (χ1) is 23.6. The van der Waals surface area contributed by atoms with Crippen molar-refractivity contribution in [2.75, 3.05) is 26.2 Å². The average Bonchev–Trinajstić information content (AvgIpc) is 3.56. The lowest BCUT2D eigenvalue weighted by Crippen LogP contribution is -2.49. The molecule has 1 aliphatic carbocycles. The predicted octanol–water partition coefficient (Wildman–Crippen LogP) is 8.98. The quantitative estimate of drug-likeness (QED) is 0.213. The third-order valence-electron chi connectivity index (χ3n) is 10.00. The van der Waals surface area contributed by atoms with Crippen LogP contribution in [0.5, 0.6) is 0 Å². The molecular weight excluding hydrogens is 644 g/mol. The van der Waals surface area contributed by atoms with E-state index in [2.05, 4.69) is 47.9 Å². The Bertz CT molecular complexity index is 1690. The summed E-state index contributed by atoms with van der Waals surface area (Å²) in [5.41, 5.74) is 6.11. The molecule has 1 fully saturated rings. The number of rotatable bonds is 10. The van der Waals surface area contributed by atoms with Crippen LogP contribution in [-0.2, 0) is 28.1 Å². The van der Waals surface area contributed by atoms with Gasteiger partial charge in [0.2, 0.25) is 5.91 Å². The van der Waals surface area contributed by atoms with Gasteiger partial charge in [-0.1, -0.05) is 73.2 Å². The molecule has 6 rings (SSSR count). The zero-order chi connectivity index (χ0) is 34.5. The second-order valence-electron chi connectivity index (χ2n) is 13.3. The summed E-state index contributed by atoms with van der Waals surface area (Å²) < 4.78 is 39.3. The summed E-state index contributed by atoms with van der Waals surface area (Å²) in [5.74, 6) is 0.947. The lowest BCUT2D eigenvalue weighted by Gasteiger charge is -2.39. The molecule has 5 nitrogen and oxygen atoms in total. The minimum Gasteiger partial charge on any atom is -0.334 e. The normalized spacial score (nSPS) is 17.6. The van der Waals surface area contributed by atoms with Crippen molar-refractivity contribution in [3.05, 3.63) is 117 Å². The maximum atomic E-state index is 14.5. The number of hydrogen-bond donors (Lipinski definition) is 0. The van der Waals surface area contributed by atoms with Gasteiger partial charge >= 0.3 is 6.18 Å². The van der Waals surface area contributed by atoms with Gasteiger partial charge in [-0.05, 0) is 86.0 Å². The number of carbonyl (C=O) groups is 2. The summed E-state index contributed by atoms with van der Waals surface area (Å²) in [6.07, 6.45) is 2.23. The van der Waals surface area contributed by atoms with Gasteiger partial charge in [0.1, 0.15) is 6.54 Å². The van der Waals surface area contributed by atoms with E-state index < -0.39 is 11.7 Å². The van der Waals surface area contributed by atoms with Crippen LogP contribution < -0.4 is 0 Å². The van der Waals surface area contributed by atoms with Crippen molar-refractivity contribution in [3.63, 3.8) is 0 Å². The van der Waals surface area contributed by atoms with Gasteiger partial charge in [-0.2, -0.15) is 13.2 Å². The summed E-state index contributed by atoms with van der Waals surface area (Å²) >= 11 is 1.69. The summed E-state index contributed by atoms with van der Waals surface area (Å²) in [6, 6.07) is 21.5. The van der Waals surface area contributed by atoms with Crippen molar-refractivity contribution in [1.29, 1.82) is 0 Å². The average molecular weight is 688 g/mol. The van der Waals surface area contributed by atoms with E-state index in [1.54, 1.807) is 11.8 Å². The number of thioether (sulfide) groups is 1. The van der Waals surface area contributed by atoms with Crippen molar-refractivity contribution in [2.24, 2.45) is 0 Å². The first kappa shape index (κ1) is 35.0. The second-order valence-corrected chi connectivity index (χ2v) is 14.3. The highest BCUT2D eigenvalue weighted by Gasteiger charge is 2.34. The van der Waals surface area contributed by atoms with Crippen LogP contribution in [0, 0.1) is 6.92 Å². The third kappa shape index (κ3) is 8.50. The molecule has 3 aromatic carbocycles. The van der Waals surface area contributed by atoms with E-state index in [4.69, 9.17) is 0 Å². The molecule has 9 heteroatoms. The Kier molecular flexibility index (Phi) is 11.0. The van der Waals surface area contributed by atoms with Crippen LogP contribution >= 0.6 is 11.8 Å². The highest BCUT2D eigenvalue weighted by molar-refractivity contribution is 8.02. The fourth-order valence-corrected chi connectivity index (χ4v) is 8.11. The molecule has 3 aliphatic rings. The van der Waals surface area contributed by atoms with Gasteiger partial charge in [-0.25, -0.2) is 0 Å². The smallest absolute Gasteiger partial charge is 0.334 e.